The molecule has 0 atom stereocenters. The maximum absolute atomic E-state index is 12.4. The summed E-state index contributed by atoms with van der Waals surface area (Å²) in [7, 11) is 0. The predicted molar refractivity (Wildman–Crippen MR) is 75.1 cm³/mol. The molecule has 0 saturated carbocycles. The first-order valence-corrected chi connectivity index (χ1v) is 7.07. The highest BCUT2D eigenvalue weighted by Gasteiger charge is 2.28. The van der Waals surface area contributed by atoms with Gasteiger partial charge in [-0.15, -0.1) is 0 Å². The SMILES string of the molecule is Cc1c(Br)cccc1C(=O)N1CCC(C(=O)O)CC1. The number of rotatable bonds is 2. The smallest absolute Gasteiger partial charge is 0.306 e. The van der Waals surface area contributed by atoms with Gasteiger partial charge in [0.05, 0.1) is 5.92 Å². The Morgan fingerprint density at radius 3 is 2.53 bits per heavy atom. The lowest BCUT2D eigenvalue weighted by Crippen LogP contribution is -2.40. The number of halogens is 1. The van der Waals surface area contributed by atoms with E-state index in [0.717, 1.165) is 10.0 Å². The van der Waals surface area contributed by atoms with Crippen molar-refractivity contribution >= 4 is 27.8 Å². The molecule has 5 heteroatoms. The lowest BCUT2D eigenvalue weighted by Gasteiger charge is -2.30. The maximum atomic E-state index is 12.4. The summed E-state index contributed by atoms with van der Waals surface area (Å²) in [5.41, 5.74) is 1.61. The van der Waals surface area contributed by atoms with E-state index in [4.69, 9.17) is 5.11 Å². The lowest BCUT2D eigenvalue weighted by atomic mass is 9.96. The van der Waals surface area contributed by atoms with Gasteiger partial charge in [-0.1, -0.05) is 22.0 Å². The van der Waals surface area contributed by atoms with E-state index in [9.17, 15) is 9.59 Å². The summed E-state index contributed by atoms with van der Waals surface area (Å²) in [5, 5.41) is 8.95. The number of nitrogens with zero attached hydrogens (tertiary/aromatic N) is 1. The zero-order valence-electron chi connectivity index (χ0n) is 10.7. The van der Waals surface area contributed by atoms with Crippen molar-refractivity contribution in [3.05, 3.63) is 33.8 Å². The molecule has 4 nitrogen and oxygen atoms in total. The van der Waals surface area contributed by atoms with E-state index in [1.165, 1.54) is 0 Å². The Kier molecular flexibility index (Phi) is 4.24. The van der Waals surface area contributed by atoms with Crippen molar-refractivity contribution in [1.82, 2.24) is 4.90 Å². The molecule has 102 valence electrons. The summed E-state index contributed by atoms with van der Waals surface area (Å²) < 4.78 is 0.916. The monoisotopic (exact) mass is 325 g/mol. The first-order chi connectivity index (χ1) is 9.00. The second-order valence-corrected chi connectivity index (χ2v) is 5.67. The largest absolute Gasteiger partial charge is 0.481 e. The second-order valence-electron chi connectivity index (χ2n) is 4.82. The summed E-state index contributed by atoms with van der Waals surface area (Å²) in [6, 6.07) is 5.56. The number of benzene rings is 1. The minimum absolute atomic E-state index is 0.0114. The Hall–Kier alpha value is -1.36. The van der Waals surface area contributed by atoms with E-state index < -0.39 is 5.97 Å². The van der Waals surface area contributed by atoms with Crippen LogP contribution in [0.25, 0.3) is 0 Å². The summed E-state index contributed by atoms with van der Waals surface area (Å²) in [4.78, 5) is 25.0. The molecule has 0 radical (unpaired) electrons. The van der Waals surface area contributed by atoms with Crippen molar-refractivity contribution in [2.24, 2.45) is 5.92 Å². The molecule has 1 N–H and O–H groups in total. The number of hydrogen-bond acceptors (Lipinski definition) is 2. The molecule has 0 aliphatic carbocycles. The minimum Gasteiger partial charge on any atom is -0.481 e. The van der Waals surface area contributed by atoms with Gasteiger partial charge in [-0.05, 0) is 37.5 Å². The van der Waals surface area contributed by atoms with Crippen LogP contribution in [0.2, 0.25) is 0 Å². The molecule has 1 heterocycles. The molecule has 1 aliphatic heterocycles. The molecule has 2 rings (SSSR count). The van der Waals surface area contributed by atoms with Crippen LogP contribution in [0.4, 0.5) is 0 Å². The van der Waals surface area contributed by atoms with Crippen LogP contribution in [-0.2, 0) is 4.79 Å². The first-order valence-electron chi connectivity index (χ1n) is 6.28. The van der Waals surface area contributed by atoms with Crippen molar-refractivity contribution in [3.63, 3.8) is 0 Å². The van der Waals surface area contributed by atoms with Gasteiger partial charge in [0.1, 0.15) is 0 Å². The Balaban J connectivity index is 2.09. The van der Waals surface area contributed by atoms with Gasteiger partial charge < -0.3 is 10.0 Å². The number of piperidine rings is 1. The van der Waals surface area contributed by atoms with Crippen molar-refractivity contribution < 1.29 is 14.7 Å². The third kappa shape index (κ3) is 2.97. The summed E-state index contributed by atoms with van der Waals surface area (Å²) in [6.45, 7) is 2.94. The van der Waals surface area contributed by atoms with Crippen LogP contribution in [0.5, 0.6) is 0 Å². The second kappa shape index (κ2) is 5.74. The van der Waals surface area contributed by atoms with E-state index in [2.05, 4.69) is 15.9 Å². The fourth-order valence-electron chi connectivity index (χ4n) is 2.34. The fraction of sp³-hybridized carbons (Fsp3) is 0.429. The Bertz CT molecular complexity index is 507. The van der Waals surface area contributed by atoms with Crippen LogP contribution < -0.4 is 0 Å². The van der Waals surface area contributed by atoms with Gasteiger partial charge in [-0.2, -0.15) is 0 Å². The molecule has 0 spiro atoms. The van der Waals surface area contributed by atoms with Gasteiger partial charge in [-0.3, -0.25) is 9.59 Å². The lowest BCUT2D eigenvalue weighted by molar-refractivity contribution is -0.143. The standard InChI is InChI=1S/C14H16BrNO3/c1-9-11(3-2-4-12(9)15)13(17)16-7-5-10(6-8-16)14(18)19/h2-4,10H,5-8H2,1H3,(H,18,19). The molecule has 19 heavy (non-hydrogen) atoms. The Morgan fingerprint density at radius 2 is 1.95 bits per heavy atom. The number of carbonyl (C=O) groups excluding carboxylic acids is 1. The average Bonchev–Trinajstić information content (AvgIpc) is 2.41. The van der Waals surface area contributed by atoms with Crippen LogP contribution in [0.3, 0.4) is 0 Å². The van der Waals surface area contributed by atoms with Crippen LogP contribution >= 0.6 is 15.9 Å². The Labute approximate surface area is 120 Å². The van der Waals surface area contributed by atoms with Crippen LogP contribution in [0.1, 0.15) is 28.8 Å². The number of hydrogen-bond donors (Lipinski definition) is 1. The molecule has 1 aromatic carbocycles. The summed E-state index contributed by atoms with van der Waals surface area (Å²) >= 11 is 3.42. The summed E-state index contributed by atoms with van der Waals surface area (Å²) in [5.74, 6) is -1.08. The van der Waals surface area contributed by atoms with Gasteiger partial charge in [0.2, 0.25) is 0 Å². The highest BCUT2D eigenvalue weighted by atomic mass is 79.9. The fourth-order valence-corrected chi connectivity index (χ4v) is 2.71. The normalized spacial score (nSPS) is 16.4. The summed E-state index contributed by atoms with van der Waals surface area (Å²) in [6.07, 6.45) is 1.07. The number of likely N-dealkylation sites (tertiary alicyclic amines) is 1. The average molecular weight is 326 g/mol. The zero-order valence-corrected chi connectivity index (χ0v) is 12.3. The molecule has 0 unspecified atom stereocenters. The number of carboxylic acids is 1. The van der Waals surface area contributed by atoms with Gasteiger partial charge in [-0.25, -0.2) is 0 Å². The topological polar surface area (TPSA) is 57.6 Å². The van der Waals surface area contributed by atoms with E-state index in [1.54, 1.807) is 4.90 Å². The molecule has 0 aromatic heterocycles. The van der Waals surface area contributed by atoms with E-state index in [-0.39, 0.29) is 11.8 Å². The van der Waals surface area contributed by atoms with Crippen LogP contribution in [0.15, 0.2) is 22.7 Å². The molecule has 1 saturated heterocycles. The number of amides is 1. The minimum atomic E-state index is -0.759. The van der Waals surface area contributed by atoms with E-state index in [1.807, 2.05) is 25.1 Å². The van der Waals surface area contributed by atoms with Gasteiger partial charge >= 0.3 is 5.97 Å². The molecule has 1 aromatic rings. The third-order valence-corrected chi connectivity index (χ3v) is 4.49. The number of carboxylic acid groups (broad SMARTS) is 1. The third-order valence-electron chi connectivity index (χ3n) is 3.63. The van der Waals surface area contributed by atoms with Crippen LogP contribution in [0, 0.1) is 12.8 Å². The van der Waals surface area contributed by atoms with Gasteiger partial charge in [0.15, 0.2) is 0 Å². The highest BCUT2D eigenvalue weighted by molar-refractivity contribution is 9.10. The van der Waals surface area contributed by atoms with Crippen molar-refractivity contribution in [1.29, 1.82) is 0 Å². The number of aliphatic carboxylic acids is 1. The van der Waals surface area contributed by atoms with Crippen molar-refractivity contribution in [3.8, 4) is 0 Å². The molecular weight excluding hydrogens is 310 g/mol. The Morgan fingerprint density at radius 1 is 1.32 bits per heavy atom. The molecule has 1 aliphatic rings. The highest BCUT2D eigenvalue weighted by Crippen LogP contribution is 2.23. The maximum Gasteiger partial charge on any atom is 0.306 e. The van der Waals surface area contributed by atoms with Crippen LogP contribution in [-0.4, -0.2) is 35.0 Å². The van der Waals surface area contributed by atoms with E-state index >= 15 is 0 Å². The number of carbonyl (C=O) groups is 2. The van der Waals surface area contributed by atoms with Crippen molar-refractivity contribution in [2.45, 2.75) is 19.8 Å². The zero-order chi connectivity index (χ0) is 14.0. The molecule has 0 bridgehead atoms. The van der Waals surface area contributed by atoms with E-state index in [0.29, 0.717) is 31.5 Å². The predicted octanol–water partition coefficient (Wildman–Crippen LogP) is 2.69. The molecule has 1 fully saturated rings. The van der Waals surface area contributed by atoms with Gasteiger partial charge in [0, 0.05) is 23.1 Å². The molecule has 1 amide bonds. The van der Waals surface area contributed by atoms with Crippen molar-refractivity contribution in [2.75, 3.05) is 13.1 Å². The van der Waals surface area contributed by atoms with Gasteiger partial charge in [0.25, 0.3) is 5.91 Å². The first kappa shape index (κ1) is 14.1. The quantitative estimate of drug-likeness (QED) is 0.909. The molecular formula is C14H16BrNO3.